The molecule has 1 aliphatic rings. The number of rotatable bonds is 4. The minimum atomic E-state index is -0.825. The van der Waals surface area contributed by atoms with Crippen molar-refractivity contribution in [1.29, 1.82) is 0 Å². The molecule has 0 amide bonds. The molecule has 1 aliphatic heterocycles. The lowest BCUT2D eigenvalue weighted by Gasteiger charge is -2.33. The van der Waals surface area contributed by atoms with Crippen LogP contribution in [0.15, 0.2) is 24.7 Å². The lowest BCUT2D eigenvalue weighted by molar-refractivity contribution is 0.0695. The zero-order valence-corrected chi connectivity index (χ0v) is 17.6. The Morgan fingerprint density at radius 3 is 2.37 bits per heavy atom. The summed E-state index contributed by atoms with van der Waals surface area (Å²) in [6.45, 7) is 7.87. The van der Waals surface area contributed by atoms with Crippen LogP contribution >= 0.6 is 24.8 Å². The standard InChI is InChI=1S/C20H25N3O2.2ClH/c1-13-10-14(2)19(20(24)25)15(3)17(13)11-16-4-8-23(9-5-16)18-12-21-6-7-22-18;;/h6-7,10,12,16H,4-5,8-9,11H2,1-3H3,(H,24,25);2*1H. The summed E-state index contributed by atoms with van der Waals surface area (Å²) in [6, 6.07) is 2.01. The third-order valence-corrected chi connectivity index (χ3v) is 5.33. The molecule has 0 atom stereocenters. The molecule has 3 rings (SSSR count). The Hall–Kier alpha value is -1.85. The maximum atomic E-state index is 11.6. The van der Waals surface area contributed by atoms with Crippen molar-refractivity contribution >= 4 is 36.6 Å². The Bertz CT molecular complexity index is 777. The highest BCUT2D eigenvalue weighted by molar-refractivity contribution is 5.91. The SMILES string of the molecule is Cc1cc(C)c(C(=O)O)c(C)c1CC1CCN(c2cnccn2)CC1.Cl.Cl. The molecule has 0 saturated carbocycles. The topological polar surface area (TPSA) is 66.3 Å². The highest BCUT2D eigenvalue weighted by Gasteiger charge is 2.23. The number of carbonyl (C=O) groups is 1. The van der Waals surface area contributed by atoms with Crippen LogP contribution in [0, 0.1) is 26.7 Å². The molecule has 7 heteroatoms. The van der Waals surface area contributed by atoms with Crippen molar-refractivity contribution in [2.45, 2.75) is 40.0 Å². The Morgan fingerprint density at radius 1 is 1.15 bits per heavy atom. The summed E-state index contributed by atoms with van der Waals surface area (Å²) in [6.07, 6.45) is 8.37. The molecule has 1 saturated heterocycles. The summed E-state index contributed by atoms with van der Waals surface area (Å²) in [7, 11) is 0. The van der Waals surface area contributed by atoms with Gasteiger partial charge in [-0.25, -0.2) is 9.78 Å². The predicted octanol–water partition coefficient (Wildman–Crippen LogP) is 4.40. The third kappa shape index (κ3) is 5.11. The lowest BCUT2D eigenvalue weighted by atomic mass is 9.84. The van der Waals surface area contributed by atoms with Crippen LogP contribution in [0.5, 0.6) is 0 Å². The van der Waals surface area contributed by atoms with E-state index in [1.165, 1.54) is 11.1 Å². The van der Waals surface area contributed by atoms with E-state index in [1.54, 1.807) is 12.4 Å². The quantitative estimate of drug-likeness (QED) is 0.806. The summed E-state index contributed by atoms with van der Waals surface area (Å²) in [5.41, 5.74) is 4.67. The highest BCUT2D eigenvalue weighted by atomic mass is 35.5. The molecule has 2 heterocycles. The molecular weight excluding hydrogens is 385 g/mol. The van der Waals surface area contributed by atoms with Gasteiger partial charge in [0.15, 0.2) is 0 Å². The van der Waals surface area contributed by atoms with Crippen LogP contribution in [0.4, 0.5) is 5.82 Å². The number of carboxylic acid groups (broad SMARTS) is 1. The van der Waals surface area contributed by atoms with Gasteiger partial charge in [0.25, 0.3) is 0 Å². The van der Waals surface area contributed by atoms with Crippen molar-refractivity contribution < 1.29 is 9.90 Å². The predicted molar refractivity (Wildman–Crippen MR) is 113 cm³/mol. The number of hydrogen-bond donors (Lipinski definition) is 1. The van der Waals surface area contributed by atoms with E-state index >= 15 is 0 Å². The molecule has 0 unspecified atom stereocenters. The normalized spacial score (nSPS) is 14.3. The van der Waals surface area contributed by atoms with Crippen LogP contribution < -0.4 is 4.90 Å². The first-order valence-corrected chi connectivity index (χ1v) is 8.81. The average Bonchev–Trinajstić information content (AvgIpc) is 2.59. The smallest absolute Gasteiger partial charge is 0.336 e. The second kappa shape index (κ2) is 9.90. The molecule has 27 heavy (non-hydrogen) atoms. The van der Waals surface area contributed by atoms with Crippen LogP contribution in [-0.2, 0) is 6.42 Å². The molecular formula is C20H27Cl2N3O2. The van der Waals surface area contributed by atoms with Gasteiger partial charge in [0.05, 0.1) is 11.8 Å². The number of nitrogens with zero attached hydrogens (tertiary/aromatic N) is 3. The number of hydrogen-bond acceptors (Lipinski definition) is 4. The molecule has 1 aromatic heterocycles. The fourth-order valence-electron chi connectivity index (χ4n) is 3.98. The van der Waals surface area contributed by atoms with E-state index in [0.29, 0.717) is 11.5 Å². The molecule has 148 valence electrons. The minimum Gasteiger partial charge on any atom is -0.478 e. The summed E-state index contributed by atoms with van der Waals surface area (Å²) < 4.78 is 0. The summed E-state index contributed by atoms with van der Waals surface area (Å²) >= 11 is 0. The van der Waals surface area contributed by atoms with Gasteiger partial charge in [-0.05, 0) is 68.2 Å². The molecule has 1 fully saturated rings. The van der Waals surface area contributed by atoms with Gasteiger partial charge >= 0.3 is 5.97 Å². The highest BCUT2D eigenvalue weighted by Crippen LogP contribution is 2.29. The van der Waals surface area contributed by atoms with Gasteiger partial charge in [0, 0.05) is 25.5 Å². The Labute approximate surface area is 173 Å². The molecule has 2 aromatic rings. The maximum absolute atomic E-state index is 11.6. The van der Waals surface area contributed by atoms with Crippen molar-refractivity contribution in [2.75, 3.05) is 18.0 Å². The van der Waals surface area contributed by atoms with Crippen molar-refractivity contribution in [2.24, 2.45) is 5.92 Å². The van der Waals surface area contributed by atoms with E-state index in [1.807, 2.05) is 26.1 Å². The first kappa shape index (κ1) is 23.2. The molecule has 5 nitrogen and oxygen atoms in total. The number of benzene rings is 1. The monoisotopic (exact) mass is 411 g/mol. The first-order chi connectivity index (χ1) is 12.0. The van der Waals surface area contributed by atoms with Crippen LogP contribution in [0.25, 0.3) is 0 Å². The minimum absolute atomic E-state index is 0. The zero-order chi connectivity index (χ0) is 18.0. The molecule has 0 aliphatic carbocycles. The number of halogens is 2. The van der Waals surface area contributed by atoms with Crippen molar-refractivity contribution in [3.8, 4) is 0 Å². The van der Waals surface area contributed by atoms with E-state index in [2.05, 4.69) is 21.8 Å². The van der Waals surface area contributed by atoms with Crippen molar-refractivity contribution in [3.05, 3.63) is 52.5 Å². The number of aromatic carboxylic acids is 1. The molecule has 1 N–H and O–H groups in total. The first-order valence-electron chi connectivity index (χ1n) is 8.81. The fraction of sp³-hybridized carbons (Fsp3) is 0.450. The molecule has 0 radical (unpaired) electrons. The second-order valence-electron chi connectivity index (χ2n) is 6.99. The van der Waals surface area contributed by atoms with Crippen molar-refractivity contribution in [1.82, 2.24) is 9.97 Å². The van der Waals surface area contributed by atoms with Gasteiger partial charge in [-0.2, -0.15) is 0 Å². The number of aryl methyl sites for hydroxylation is 2. The summed E-state index contributed by atoms with van der Waals surface area (Å²) in [5.74, 6) is 0.695. The average molecular weight is 412 g/mol. The number of carboxylic acids is 1. The van der Waals surface area contributed by atoms with E-state index in [4.69, 9.17) is 0 Å². The second-order valence-corrected chi connectivity index (χ2v) is 6.99. The summed E-state index contributed by atoms with van der Waals surface area (Å²) in [5, 5.41) is 9.51. The van der Waals surface area contributed by atoms with Crippen LogP contribution in [0.3, 0.4) is 0 Å². The van der Waals surface area contributed by atoms with Crippen LogP contribution in [-0.4, -0.2) is 34.1 Å². The van der Waals surface area contributed by atoms with E-state index in [9.17, 15) is 9.90 Å². The van der Waals surface area contributed by atoms with Gasteiger partial charge in [0.2, 0.25) is 0 Å². The van der Waals surface area contributed by atoms with Gasteiger partial charge in [0.1, 0.15) is 5.82 Å². The third-order valence-electron chi connectivity index (χ3n) is 5.33. The number of aromatic nitrogens is 2. The van der Waals surface area contributed by atoms with Crippen LogP contribution in [0.1, 0.15) is 45.5 Å². The largest absolute Gasteiger partial charge is 0.478 e. The van der Waals surface area contributed by atoms with Gasteiger partial charge in [-0.1, -0.05) is 6.07 Å². The Balaban J connectivity index is 0.00000182. The molecule has 0 bridgehead atoms. The van der Waals surface area contributed by atoms with Crippen LogP contribution in [0.2, 0.25) is 0 Å². The Morgan fingerprint density at radius 2 is 1.81 bits per heavy atom. The number of piperidine rings is 1. The van der Waals surface area contributed by atoms with E-state index < -0.39 is 5.97 Å². The van der Waals surface area contributed by atoms with Gasteiger partial charge in [-0.15, -0.1) is 24.8 Å². The maximum Gasteiger partial charge on any atom is 0.336 e. The zero-order valence-electron chi connectivity index (χ0n) is 15.9. The van der Waals surface area contributed by atoms with E-state index in [-0.39, 0.29) is 24.8 Å². The van der Waals surface area contributed by atoms with E-state index in [0.717, 1.165) is 49.3 Å². The molecule has 0 spiro atoms. The van der Waals surface area contributed by atoms with Gasteiger partial charge in [-0.3, -0.25) is 4.98 Å². The number of anilines is 1. The van der Waals surface area contributed by atoms with Crippen molar-refractivity contribution in [3.63, 3.8) is 0 Å². The Kier molecular flexibility index (Phi) is 8.51. The molecule has 1 aromatic carbocycles. The van der Waals surface area contributed by atoms with Gasteiger partial charge < -0.3 is 10.0 Å². The lowest BCUT2D eigenvalue weighted by Crippen LogP contribution is -2.35. The summed E-state index contributed by atoms with van der Waals surface area (Å²) in [4.78, 5) is 22.4. The fourth-order valence-corrected chi connectivity index (χ4v) is 3.98.